The zero-order valence-corrected chi connectivity index (χ0v) is 15.8. The molecule has 1 N–H and O–H groups in total. The number of imidazole rings is 1. The molecule has 0 aliphatic carbocycles. The van der Waals surface area contributed by atoms with Crippen molar-refractivity contribution in [3.8, 4) is 22.3 Å². The largest absolute Gasteiger partial charge is 0.471 e. The van der Waals surface area contributed by atoms with Crippen LogP contribution in [0.15, 0.2) is 84.1 Å². The zero-order chi connectivity index (χ0) is 19.3. The van der Waals surface area contributed by atoms with Gasteiger partial charge in [0.05, 0.1) is 18.1 Å². The van der Waals surface area contributed by atoms with Crippen LogP contribution in [0, 0.1) is 0 Å². The standard InChI is InChI=1S/C24H20N2O2/c1-24(2,27)21-5-3-4-16(11-21)19-12-22(23-25-8-9-26(23)13-19)17-6-7-18-14-28-15-20(18)10-17/h3-15,27H,1-2H3. The highest BCUT2D eigenvalue weighted by Gasteiger charge is 2.17. The van der Waals surface area contributed by atoms with E-state index in [0.717, 1.165) is 44.2 Å². The van der Waals surface area contributed by atoms with Gasteiger partial charge in [-0.3, -0.25) is 0 Å². The third kappa shape index (κ3) is 2.79. The van der Waals surface area contributed by atoms with Crippen LogP contribution >= 0.6 is 0 Å². The number of hydrogen-bond donors (Lipinski definition) is 1. The van der Waals surface area contributed by atoms with Crippen molar-refractivity contribution in [2.45, 2.75) is 19.4 Å². The first kappa shape index (κ1) is 16.8. The molecule has 0 saturated heterocycles. The summed E-state index contributed by atoms with van der Waals surface area (Å²) in [4.78, 5) is 4.55. The van der Waals surface area contributed by atoms with E-state index in [1.165, 1.54) is 0 Å². The highest BCUT2D eigenvalue weighted by atomic mass is 16.3. The molecule has 0 saturated carbocycles. The van der Waals surface area contributed by atoms with Gasteiger partial charge >= 0.3 is 0 Å². The highest BCUT2D eigenvalue weighted by molar-refractivity contribution is 5.90. The molecule has 4 heteroatoms. The lowest BCUT2D eigenvalue weighted by Crippen LogP contribution is -2.15. The highest BCUT2D eigenvalue weighted by Crippen LogP contribution is 2.33. The number of fused-ring (bicyclic) bond motifs is 2. The van der Waals surface area contributed by atoms with Crippen molar-refractivity contribution < 1.29 is 9.52 Å². The van der Waals surface area contributed by atoms with Gasteiger partial charge in [0.1, 0.15) is 5.65 Å². The van der Waals surface area contributed by atoms with E-state index in [9.17, 15) is 5.11 Å². The van der Waals surface area contributed by atoms with Gasteiger partial charge in [-0.2, -0.15) is 0 Å². The summed E-state index contributed by atoms with van der Waals surface area (Å²) in [5.74, 6) is 0. The normalized spacial score (nSPS) is 12.1. The zero-order valence-electron chi connectivity index (χ0n) is 15.8. The number of pyridine rings is 1. The Kier molecular flexibility index (Phi) is 3.64. The Hall–Kier alpha value is -3.37. The number of nitrogens with zero attached hydrogens (tertiary/aromatic N) is 2. The second kappa shape index (κ2) is 6.08. The van der Waals surface area contributed by atoms with Crippen LogP contribution in [0.1, 0.15) is 19.4 Å². The minimum absolute atomic E-state index is 0.885. The second-order valence-electron chi connectivity index (χ2n) is 7.66. The van der Waals surface area contributed by atoms with Crippen LogP contribution < -0.4 is 0 Å². The number of hydrogen-bond acceptors (Lipinski definition) is 3. The molecule has 5 rings (SSSR count). The molecule has 5 aromatic rings. The fraction of sp³-hybridized carbons (Fsp3) is 0.125. The van der Waals surface area contributed by atoms with Crippen LogP contribution in [0.25, 0.3) is 38.7 Å². The average Bonchev–Trinajstić information content (AvgIpc) is 3.35. The van der Waals surface area contributed by atoms with Crippen LogP contribution in [-0.4, -0.2) is 14.5 Å². The predicted octanol–water partition coefficient (Wildman–Crippen LogP) is 5.64. The Morgan fingerprint density at radius 1 is 0.929 bits per heavy atom. The molecular formula is C24H20N2O2. The molecule has 3 heterocycles. The number of rotatable bonds is 3. The van der Waals surface area contributed by atoms with E-state index < -0.39 is 5.60 Å². The van der Waals surface area contributed by atoms with Crippen molar-refractivity contribution >= 4 is 16.4 Å². The molecule has 138 valence electrons. The molecule has 2 aromatic carbocycles. The van der Waals surface area contributed by atoms with Crippen molar-refractivity contribution in [1.29, 1.82) is 0 Å². The van der Waals surface area contributed by atoms with Crippen LogP contribution in [0.5, 0.6) is 0 Å². The summed E-state index contributed by atoms with van der Waals surface area (Å²) in [5, 5.41) is 12.5. The van der Waals surface area contributed by atoms with Crippen molar-refractivity contribution in [1.82, 2.24) is 9.38 Å². The second-order valence-corrected chi connectivity index (χ2v) is 7.66. The van der Waals surface area contributed by atoms with Gasteiger partial charge in [0, 0.05) is 34.9 Å². The number of furan rings is 1. The summed E-state index contributed by atoms with van der Waals surface area (Å²) in [6.07, 6.45) is 9.36. The smallest absolute Gasteiger partial charge is 0.144 e. The van der Waals surface area contributed by atoms with Crippen LogP contribution in [-0.2, 0) is 5.60 Å². The van der Waals surface area contributed by atoms with Crippen molar-refractivity contribution in [3.63, 3.8) is 0 Å². The first-order valence-corrected chi connectivity index (χ1v) is 9.25. The fourth-order valence-corrected chi connectivity index (χ4v) is 3.61. The maximum Gasteiger partial charge on any atom is 0.144 e. The van der Waals surface area contributed by atoms with Gasteiger partial charge in [-0.15, -0.1) is 0 Å². The van der Waals surface area contributed by atoms with Crippen LogP contribution in [0.3, 0.4) is 0 Å². The molecular weight excluding hydrogens is 348 g/mol. The lowest BCUT2D eigenvalue weighted by atomic mass is 9.94. The number of aromatic nitrogens is 2. The Bertz CT molecular complexity index is 1310. The lowest BCUT2D eigenvalue weighted by molar-refractivity contribution is 0.0786. The van der Waals surface area contributed by atoms with Gasteiger partial charge in [0.2, 0.25) is 0 Å². The van der Waals surface area contributed by atoms with Crippen LogP contribution in [0.4, 0.5) is 0 Å². The summed E-state index contributed by atoms with van der Waals surface area (Å²) in [6.45, 7) is 3.60. The first-order chi connectivity index (χ1) is 13.5. The maximum atomic E-state index is 10.4. The van der Waals surface area contributed by atoms with Gasteiger partial charge in [0.25, 0.3) is 0 Å². The molecule has 0 spiro atoms. The van der Waals surface area contributed by atoms with E-state index >= 15 is 0 Å². The lowest BCUT2D eigenvalue weighted by Gasteiger charge is -2.19. The molecule has 0 atom stereocenters. The maximum absolute atomic E-state index is 10.4. The molecule has 0 amide bonds. The summed E-state index contributed by atoms with van der Waals surface area (Å²) < 4.78 is 7.36. The summed E-state index contributed by atoms with van der Waals surface area (Å²) >= 11 is 0. The average molecular weight is 368 g/mol. The summed E-state index contributed by atoms with van der Waals surface area (Å²) in [6, 6.07) is 16.5. The molecule has 0 unspecified atom stereocenters. The Labute approximate surface area is 162 Å². The third-order valence-corrected chi connectivity index (χ3v) is 5.18. The molecule has 0 radical (unpaired) electrons. The quantitative estimate of drug-likeness (QED) is 0.448. The molecule has 0 aliphatic rings. The number of aliphatic hydroxyl groups is 1. The summed E-state index contributed by atoms with van der Waals surface area (Å²) in [7, 11) is 0. The van der Waals surface area contributed by atoms with Gasteiger partial charge in [-0.05, 0) is 54.3 Å². The van der Waals surface area contributed by atoms with E-state index in [2.05, 4.69) is 41.5 Å². The van der Waals surface area contributed by atoms with Gasteiger partial charge in [0.15, 0.2) is 0 Å². The van der Waals surface area contributed by atoms with E-state index in [4.69, 9.17) is 4.42 Å². The van der Waals surface area contributed by atoms with Crippen molar-refractivity contribution in [2.75, 3.05) is 0 Å². The van der Waals surface area contributed by atoms with E-state index in [1.807, 2.05) is 35.0 Å². The minimum atomic E-state index is -0.885. The van der Waals surface area contributed by atoms with E-state index in [-0.39, 0.29) is 0 Å². The Morgan fingerprint density at radius 3 is 2.64 bits per heavy atom. The monoisotopic (exact) mass is 368 g/mol. The summed E-state index contributed by atoms with van der Waals surface area (Å²) in [5.41, 5.74) is 5.18. The molecule has 0 aliphatic heterocycles. The Balaban J connectivity index is 1.72. The minimum Gasteiger partial charge on any atom is -0.471 e. The Morgan fingerprint density at radius 2 is 1.79 bits per heavy atom. The molecule has 3 aromatic heterocycles. The molecule has 4 nitrogen and oxygen atoms in total. The SMILES string of the molecule is CC(C)(O)c1cccc(-c2cc(-c3ccc4cocc4c3)c3nccn3c2)c1. The topological polar surface area (TPSA) is 50.7 Å². The molecule has 0 fully saturated rings. The first-order valence-electron chi connectivity index (χ1n) is 9.25. The van der Waals surface area contributed by atoms with Gasteiger partial charge in [-0.25, -0.2) is 4.98 Å². The van der Waals surface area contributed by atoms with Crippen molar-refractivity contribution in [2.24, 2.45) is 0 Å². The van der Waals surface area contributed by atoms with Gasteiger partial charge in [-0.1, -0.05) is 30.3 Å². The van der Waals surface area contributed by atoms with E-state index in [0.29, 0.717) is 0 Å². The van der Waals surface area contributed by atoms with Crippen LogP contribution in [0.2, 0.25) is 0 Å². The van der Waals surface area contributed by atoms with Crippen molar-refractivity contribution in [3.05, 3.63) is 85.2 Å². The fourth-order valence-electron chi connectivity index (χ4n) is 3.61. The number of benzene rings is 2. The van der Waals surface area contributed by atoms with E-state index in [1.54, 1.807) is 26.4 Å². The van der Waals surface area contributed by atoms with Gasteiger partial charge < -0.3 is 13.9 Å². The molecule has 0 bridgehead atoms. The molecule has 28 heavy (non-hydrogen) atoms. The predicted molar refractivity (Wildman–Crippen MR) is 111 cm³/mol. The third-order valence-electron chi connectivity index (χ3n) is 5.18.